The van der Waals surface area contributed by atoms with Crippen LogP contribution in [-0.4, -0.2) is 74.1 Å². The monoisotopic (exact) mass is 567 g/mol. The van der Waals surface area contributed by atoms with Crippen molar-refractivity contribution >= 4 is 26.7 Å². The zero-order chi connectivity index (χ0) is 28.3. The lowest BCUT2D eigenvalue weighted by Crippen LogP contribution is -2.22. The fourth-order valence-electron chi connectivity index (χ4n) is 4.54. The van der Waals surface area contributed by atoms with Gasteiger partial charge in [-0.3, -0.25) is 0 Å². The summed E-state index contributed by atoms with van der Waals surface area (Å²) in [4.78, 5) is 15.4. The minimum absolute atomic E-state index is 0.0342. The maximum Gasteiger partial charge on any atom is 0.320 e. The second-order valence-corrected chi connectivity index (χ2v) is 12.1. The number of halogens is 3. The topological polar surface area (TPSA) is 107 Å². The van der Waals surface area contributed by atoms with Crippen molar-refractivity contribution in [1.29, 1.82) is 0 Å². The van der Waals surface area contributed by atoms with Gasteiger partial charge in [0.2, 0.25) is 5.88 Å². The lowest BCUT2D eigenvalue weighted by Gasteiger charge is -2.24. The van der Waals surface area contributed by atoms with E-state index in [-0.39, 0.29) is 40.5 Å². The van der Waals surface area contributed by atoms with Crippen LogP contribution in [0.4, 0.5) is 19.0 Å². The molecule has 1 saturated heterocycles. The number of rotatable bonds is 10. The van der Waals surface area contributed by atoms with Gasteiger partial charge in [-0.05, 0) is 45.8 Å². The van der Waals surface area contributed by atoms with Crippen molar-refractivity contribution in [2.75, 3.05) is 51.2 Å². The second-order valence-electron chi connectivity index (χ2n) is 9.81. The van der Waals surface area contributed by atoms with Gasteiger partial charge in [0.25, 0.3) is 6.43 Å². The number of nitrogens with zero attached hydrogens (tertiary/aromatic N) is 4. The van der Waals surface area contributed by atoms with Gasteiger partial charge < -0.3 is 19.7 Å². The van der Waals surface area contributed by atoms with Gasteiger partial charge in [0, 0.05) is 17.7 Å². The molecule has 0 unspecified atom stereocenters. The Morgan fingerprint density at radius 1 is 1.13 bits per heavy atom. The number of hydrogen-bond acceptors (Lipinski definition) is 9. The number of ether oxygens (including phenoxy) is 2. The predicted molar refractivity (Wildman–Crippen MR) is 142 cm³/mol. The highest BCUT2D eigenvalue weighted by Crippen LogP contribution is 2.38. The van der Waals surface area contributed by atoms with Crippen molar-refractivity contribution in [2.45, 2.75) is 38.2 Å². The van der Waals surface area contributed by atoms with Crippen molar-refractivity contribution in [3.63, 3.8) is 0 Å². The van der Waals surface area contributed by atoms with Crippen LogP contribution in [0, 0.1) is 5.82 Å². The van der Waals surface area contributed by atoms with E-state index < -0.39 is 33.7 Å². The fourth-order valence-corrected chi connectivity index (χ4v) is 6.03. The van der Waals surface area contributed by atoms with E-state index in [0.29, 0.717) is 42.8 Å². The molecular formula is C26H32F3N5O4S. The van der Waals surface area contributed by atoms with Crippen LogP contribution in [0.2, 0.25) is 0 Å². The molecule has 0 amide bonds. The van der Waals surface area contributed by atoms with E-state index in [2.05, 4.69) is 20.3 Å². The number of alkyl halides is 2. The molecule has 2 aromatic heterocycles. The van der Waals surface area contributed by atoms with Crippen molar-refractivity contribution in [3.05, 3.63) is 46.8 Å². The van der Waals surface area contributed by atoms with Crippen molar-refractivity contribution < 1.29 is 31.1 Å². The van der Waals surface area contributed by atoms with Crippen LogP contribution < -0.4 is 14.8 Å². The molecule has 0 saturated carbocycles. The number of aromatic nitrogens is 3. The van der Waals surface area contributed by atoms with Crippen molar-refractivity contribution in [1.82, 2.24) is 19.9 Å². The summed E-state index contributed by atoms with van der Waals surface area (Å²) in [6.45, 7) is 2.54. The van der Waals surface area contributed by atoms with E-state index >= 15 is 0 Å². The van der Waals surface area contributed by atoms with E-state index in [4.69, 9.17) is 9.47 Å². The Kier molecular flexibility index (Phi) is 8.80. The number of nitrogens with one attached hydrogen (secondary N) is 1. The van der Waals surface area contributed by atoms with Gasteiger partial charge in [0.1, 0.15) is 28.1 Å². The quantitative estimate of drug-likeness (QED) is 0.379. The normalized spacial score (nSPS) is 16.5. The molecule has 3 aromatic rings. The average molecular weight is 568 g/mol. The second kappa shape index (κ2) is 11.9. The molecule has 4 rings (SSSR count). The number of hydrogen-bond donors (Lipinski definition) is 1. The molecule has 39 heavy (non-hydrogen) atoms. The molecule has 1 atom stereocenters. The van der Waals surface area contributed by atoms with Gasteiger partial charge in [0.05, 0.1) is 35.6 Å². The fraction of sp³-hybridized carbons (Fsp3) is 0.500. The van der Waals surface area contributed by atoms with Crippen LogP contribution in [0.15, 0.2) is 24.3 Å². The summed E-state index contributed by atoms with van der Waals surface area (Å²) >= 11 is 0. The van der Waals surface area contributed by atoms with Crippen molar-refractivity contribution in [3.8, 4) is 11.9 Å². The number of benzene rings is 1. The summed E-state index contributed by atoms with van der Waals surface area (Å²) in [5.74, 6) is -0.376. The van der Waals surface area contributed by atoms with Crippen LogP contribution in [0.5, 0.6) is 11.9 Å². The van der Waals surface area contributed by atoms with Gasteiger partial charge in [-0.25, -0.2) is 21.6 Å². The van der Waals surface area contributed by atoms with Gasteiger partial charge in [-0.1, -0.05) is 18.2 Å². The number of likely N-dealkylation sites (N-methyl/N-ethyl adjacent to an activating group) is 1. The first kappa shape index (κ1) is 28.8. The molecule has 0 radical (unpaired) electrons. The number of sulfone groups is 1. The first-order chi connectivity index (χ1) is 18.5. The third-order valence-corrected chi connectivity index (χ3v) is 8.45. The Bertz CT molecular complexity index is 1420. The predicted octanol–water partition coefficient (Wildman–Crippen LogP) is 4.52. The molecule has 1 aromatic carbocycles. The van der Waals surface area contributed by atoms with E-state index in [1.807, 2.05) is 19.0 Å². The smallest absolute Gasteiger partial charge is 0.320 e. The molecule has 9 nitrogen and oxygen atoms in total. The highest BCUT2D eigenvalue weighted by atomic mass is 32.2. The molecule has 3 heterocycles. The Labute approximate surface area is 225 Å². The highest BCUT2D eigenvalue weighted by Gasteiger charge is 2.29. The maximum absolute atomic E-state index is 14.9. The molecule has 0 spiro atoms. The van der Waals surface area contributed by atoms with Gasteiger partial charge in [0.15, 0.2) is 5.65 Å². The largest absolute Gasteiger partial charge is 0.481 e. The summed E-state index contributed by atoms with van der Waals surface area (Å²) in [6.07, 6.45) is -2.11. The minimum atomic E-state index is -3.08. The third kappa shape index (κ3) is 6.70. The molecule has 1 aliphatic heterocycles. The van der Waals surface area contributed by atoms with Crippen LogP contribution in [0.3, 0.4) is 0 Å². The third-order valence-electron chi connectivity index (χ3n) is 6.73. The highest BCUT2D eigenvalue weighted by molar-refractivity contribution is 7.91. The molecule has 212 valence electrons. The Morgan fingerprint density at radius 3 is 2.46 bits per heavy atom. The molecule has 0 bridgehead atoms. The van der Waals surface area contributed by atoms with Crippen LogP contribution in [-0.2, 0) is 9.84 Å². The number of anilines is 1. The lowest BCUT2D eigenvalue weighted by atomic mass is 9.93. The van der Waals surface area contributed by atoms with E-state index in [9.17, 15) is 21.6 Å². The first-order valence-corrected chi connectivity index (χ1v) is 14.4. The lowest BCUT2D eigenvalue weighted by molar-refractivity contribution is 0.146. The number of fused-ring (bicyclic) bond motifs is 1. The Balaban J connectivity index is 1.77. The minimum Gasteiger partial charge on any atom is -0.481 e. The average Bonchev–Trinajstić information content (AvgIpc) is 2.87. The van der Waals surface area contributed by atoms with Crippen molar-refractivity contribution in [2.24, 2.45) is 0 Å². The summed E-state index contributed by atoms with van der Waals surface area (Å²) in [6, 6.07) is 4.96. The molecule has 0 aliphatic carbocycles. The van der Waals surface area contributed by atoms with E-state index in [1.54, 1.807) is 13.0 Å². The van der Waals surface area contributed by atoms with Crippen LogP contribution >= 0.6 is 0 Å². The summed E-state index contributed by atoms with van der Waals surface area (Å²) < 4.78 is 76.8. The Hall–Kier alpha value is -3.19. The first-order valence-electron chi connectivity index (χ1n) is 12.6. The number of methoxy groups -OCH3 is 1. The number of pyridine rings is 1. The molecular weight excluding hydrogens is 535 g/mol. The standard InChI is InChI=1S/C26H32F3N5O4S/c1-15(17-6-5-7-18(21(17)27)22(28)29)30-23-20-14-19(16-8-12-39(35,36)13-9-16)25(37-4)31-24(20)33-26(32-23)38-11-10-34(2)3/h5-7,14-16,22H,8-13H2,1-4H3,(H,30,31,32,33)/t15-/m1/s1. The van der Waals surface area contributed by atoms with Crippen LogP contribution in [0.1, 0.15) is 54.8 Å². The van der Waals surface area contributed by atoms with Crippen LogP contribution in [0.25, 0.3) is 11.0 Å². The zero-order valence-corrected chi connectivity index (χ0v) is 23.1. The van der Waals surface area contributed by atoms with E-state index in [0.717, 1.165) is 6.07 Å². The molecule has 13 heteroatoms. The summed E-state index contributed by atoms with van der Waals surface area (Å²) in [5.41, 5.74) is 0.341. The molecule has 1 aliphatic rings. The SMILES string of the molecule is COc1nc2nc(OCCN(C)C)nc(N[C@H](C)c3cccc(C(F)F)c3F)c2cc1C1CCS(=O)(=O)CC1. The molecule has 1 fully saturated rings. The summed E-state index contributed by atoms with van der Waals surface area (Å²) in [5, 5.41) is 3.61. The molecule has 1 N–H and O–H groups in total. The maximum atomic E-state index is 14.9. The summed E-state index contributed by atoms with van der Waals surface area (Å²) in [7, 11) is 2.19. The van der Waals surface area contributed by atoms with Gasteiger partial charge >= 0.3 is 6.01 Å². The van der Waals surface area contributed by atoms with Gasteiger partial charge in [-0.2, -0.15) is 15.0 Å². The van der Waals surface area contributed by atoms with Gasteiger partial charge in [-0.15, -0.1) is 0 Å². The van der Waals surface area contributed by atoms with E-state index in [1.165, 1.54) is 19.2 Å². The zero-order valence-electron chi connectivity index (χ0n) is 22.2. The Morgan fingerprint density at radius 2 is 1.82 bits per heavy atom.